The number of nitrogens with zero attached hydrogens (tertiary/aromatic N) is 1. The Bertz CT molecular complexity index is 856. The summed E-state index contributed by atoms with van der Waals surface area (Å²) in [5.41, 5.74) is 2.35. The van der Waals surface area contributed by atoms with Gasteiger partial charge < -0.3 is 15.0 Å². The topological polar surface area (TPSA) is 67.0 Å². The van der Waals surface area contributed by atoms with Gasteiger partial charge in [-0.05, 0) is 44.2 Å². The molecule has 6 heteroatoms. The third-order valence-corrected chi connectivity index (χ3v) is 3.87. The third-order valence-electron chi connectivity index (χ3n) is 3.63. The lowest BCUT2D eigenvalue weighted by atomic mass is 10.2. The van der Waals surface area contributed by atoms with E-state index in [-0.39, 0.29) is 12.0 Å². The molecule has 0 spiro atoms. The van der Waals surface area contributed by atoms with Crippen molar-refractivity contribution in [2.75, 3.05) is 6.54 Å². The Labute approximate surface area is 151 Å². The first-order valence-electron chi connectivity index (χ1n) is 8.21. The Morgan fingerprint density at radius 1 is 1.28 bits per heavy atom. The van der Waals surface area contributed by atoms with E-state index in [2.05, 4.69) is 15.3 Å². The van der Waals surface area contributed by atoms with Crippen molar-refractivity contribution in [3.63, 3.8) is 0 Å². The fraction of sp³-hybridized carbons (Fsp3) is 0.263. The maximum Gasteiger partial charge on any atom is 0.255 e. The van der Waals surface area contributed by atoms with Crippen molar-refractivity contribution in [2.45, 2.75) is 26.4 Å². The first-order valence-corrected chi connectivity index (χ1v) is 8.59. The van der Waals surface area contributed by atoms with Crippen molar-refractivity contribution in [1.82, 2.24) is 15.3 Å². The molecule has 0 atom stereocenters. The van der Waals surface area contributed by atoms with Crippen LogP contribution in [0.3, 0.4) is 0 Å². The number of hydrogen-bond acceptors (Lipinski definition) is 3. The van der Waals surface area contributed by atoms with Crippen LogP contribution >= 0.6 is 11.6 Å². The molecule has 0 bridgehead atoms. The first kappa shape index (κ1) is 17.3. The molecule has 1 aromatic heterocycles. The summed E-state index contributed by atoms with van der Waals surface area (Å²) in [6.07, 6.45) is 0.588. The number of nitrogens with one attached hydrogen (secondary N) is 2. The van der Waals surface area contributed by atoms with E-state index in [1.807, 2.05) is 38.1 Å². The van der Waals surface area contributed by atoms with E-state index in [0.29, 0.717) is 29.3 Å². The van der Waals surface area contributed by atoms with Crippen molar-refractivity contribution in [3.05, 3.63) is 58.9 Å². The maximum atomic E-state index is 12.5. The fourth-order valence-electron chi connectivity index (χ4n) is 2.55. The van der Waals surface area contributed by atoms with Crippen LogP contribution in [0.5, 0.6) is 5.75 Å². The average molecular weight is 358 g/mol. The van der Waals surface area contributed by atoms with Crippen LogP contribution in [0.4, 0.5) is 0 Å². The van der Waals surface area contributed by atoms with Gasteiger partial charge in [-0.1, -0.05) is 23.7 Å². The monoisotopic (exact) mass is 357 g/mol. The molecule has 0 aliphatic carbocycles. The van der Waals surface area contributed by atoms with Crippen molar-refractivity contribution >= 4 is 28.5 Å². The zero-order chi connectivity index (χ0) is 17.8. The van der Waals surface area contributed by atoms with Crippen LogP contribution in [-0.4, -0.2) is 28.5 Å². The van der Waals surface area contributed by atoms with Crippen LogP contribution in [0.2, 0.25) is 5.02 Å². The van der Waals surface area contributed by atoms with E-state index in [4.69, 9.17) is 16.3 Å². The van der Waals surface area contributed by atoms with Gasteiger partial charge in [-0.25, -0.2) is 4.98 Å². The fourth-order valence-corrected chi connectivity index (χ4v) is 2.72. The van der Waals surface area contributed by atoms with Gasteiger partial charge in [-0.3, -0.25) is 4.79 Å². The highest BCUT2D eigenvalue weighted by molar-refractivity contribution is 6.31. The molecule has 3 rings (SSSR count). The summed E-state index contributed by atoms with van der Waals surface area (Å²) in [5, 5.41) is 3.39. The van der Waals surface area contributed by atoms with E-state index in [9.17, 15) is 4.79 Å². The molecule has 1 heterocycles. The van der Waals surface area contributed by atoms with Crippen LogP contribution in [0, 0.1) is 0 Å². The molecule has 2 N–H and O–H groups in total. The number of fused-ring (bicyclic) bond motifs is 1. The minimum atomic E-state index is -0.214. The number of aromatic amines is 1. The number of amides is 1. The number of ether oxygens (including phenoxy) is 1. The minimum absolute atomic E-state index is 0.0247. The number of imidazole rings is 1. The minimum Gasteiger partial charge on any atom is -0.490 e. The van der Waals surface area contributed by atoms with Crippen LogP contribution < -0.4 is 10.1 Å². The molecule has 0 aliphatic heterocycles. The molecule has 5 nitrogen and oxygen atoms in total. The second kappa shape index (κ2) is 7.57. The number of H-pyrrole nitrogens is 1. The second-order valence-electron chi connectivity index (χ2n) is 6.01. The number of carbonyl (C=O) groups excluding carboxylic acids is 1. The molecular weight excluding hydrogens is 338 g/mol. The van der Waals surface area contributed by atoms with Crippen LogP contribution in [0.15, 0.2) is 42.5 Å². The summed E-state index contributed by atoms with van der Waals surface area (Å²) >= 11 is 6.02. The summed E-state index contributed by atoms with van der Waals surface area (Å²) < 4.78 is 5.69. The zero-order valence-corrected chi connectivity index (χ0v) is 14.9. The Balaban J connectivity index is 1.65. The summed E-state index contributed by atoms with van der Waals surface area (Å²) in [7, 11) is 0. The number of rotatable bonds is 6. The van der Waals surface area contributed by atoms with E-state index in [1.165, 1.54) is 0 Å². The van der Waals surface area contributed by atoms with Gasteiger partial charge in [0.1, 0.15) is 11.6 Å². The zero-order valence-electron chi connectivity index (χ0n) is 14.2. The van der Waals surface area contributed by atoms with E-state index in [0.717, 1.165) is 16.9 Å². The summed E-state index contributed by atoms with van der Waals surface area (Å²) in [5.74, 6) is 1.15. The molecule has 0 aliphatic rings. The van der Waals surface area contributed by atoms with Crippen molar-refractivity contribution < 1.29 is 9.53 Å². The van der Waals surface area contributed by atoms with Gasteiger partial charge in [0.2, 0.25) is 0 Å². The van der Waals surface area contributed by atoms with Gasteiger partial charge >= 0.3 is 0 Å². The number of carbonyl (C=O) groups is 1. The highest BCUT2D eigenvalue weighted by Gasteiger charge is 2.14. The molecular formula is C19H20ClN3O2. The number of aromatic nitrogens is 2. The standard InChI is InChI=1S/C19H20ClN3O2/c1-12(2)25-17-8-7-13(20)11-14(17)19(24)21-10-9-18-22-15-5-3-4-6-16(15)23-18/h3-8,11-12H,9-10H2,1-2H3,(H,21,24)(H,22,23). The number of benzene rings is 2. The summed E-state index contributed by atoms with van der Waals surface area (Å²) in [6.45, 7) is 4.29. The summed E-state index contributed by atoms with van der Waals surface area (Å²) in [4.78, 5) is 20.2. The molecule has 0 saturated carbocycles. The Hall–Kier alpha value is -2.53. The molecule has 0 unspecified atom stereocenters. The predicted molar refractivity (Wildman–Crippen MR) is 99.3 cm³/mol. The van der Waals surface area contributed by atoms with Crippen LogP contribution in [-0.2, 0) is 6.42 Å². The van der Waals surface area contributed by atoms with Gasteiger partial charge in [0.15, 0.2) is 0 Å². The SMILES string of the molecule is CC(C)Oc1ccc(Cl)cc1C(=O)NCCc1nc2ccccc2[nH]1. The van der Waals surface area contributed by atoms with Crippen molar-refractivity contribution in [2.24, 2.45) is 0 Å². The number of hydrogen-bond donors (Lipinski definition) is 2. The van der Waals surface area contributed by atoms with Gasteiger partial charge in [0.05, 0.1) is 22.7 Å². The first-order chi connectivity index (χ1) is 12.0. The number of halogens is 1. The van der Waals surface area contributed by atoms with Crippen molar-refractivity contribution in [1.29, 1.82) is 0 Å². The molecule has 0 fully saturated rings. The smallest absolute Gasteiger partial charge is 0.255 e. The average Bonchev–Trinajstić information content (AvgIpc) is 2.98. The molecule has 130 valence electrons. The van der Waals surface area contributed by atoms with Crippen LogP contribution in [0.1, 0.15) is 30.0 Å². The van der Waals surface area contributed by atoms with Gasteiger partial charge in [-0.15, -0.1) is 0 Å². The second-order valence-corrected chi connectivity index (χ2v) is 6.45. The number of para-hydroxylation sites is 2. The molecule has 25 heavy (non-hydrogen) atoms. The van der Waals surface area contributed by atoms with Crippen molar-refractivity contribution in [3.8, 4) is 5.75 Å². The maximum absolute atomic E-state index is 12.5. The lowest BCUT2D eigenvalue weighted by Gasteiger charge is -2.14. The van der Waals surface area contributed by atoms with E-state index < -0.39 is 0 Å². The quantitative estimate of drug-likeness (QED) is 0.701. The highest BCUT2D eigenvalue weighted by atomic mass is 35.5. The largest absolute Gasteiger partial charge is 0.490 e. The van der Waals surface area contributed by atoms with Gasteiger partial charge in [-0.2, -0.15) is 0 Å². The Morgan fingerprint density at radius 2 is 2.08 bits per heavy atom. The van der Waals surface area contributed by atoms with Crippen LogP contribution in [0.25, 0.3) is 11.0 Å². The molecule has 1 amide bonds. The highest BCUT2D eigenvalue weighted by Crippen LogP contribution is 2.24. The molecule has 3 aromatic rings. The lowest BCUT2D eigenvalue weighted by Crippen LogP contribution is -2.26. The Kier molecular flexibility index (Phi) is 5.24. The van der Waals surface area contributed by atoms with E-state index in [1.54, 1.807) is 18.2 Å². The summed E-state index contributed by atoms with van der Waals surface area (Å²) in [6, 6.07) is 12.9. The van der Waals surface area contributed by atoms with Gasteiger partial charge in [0.25, 0.3) is 5.91 Å². The lowest BCUT2D eigenvalue weighted by molar-refractivity contribution is 0.0948. The predicted octanol–water partition coefficient (Wildman–Crippen LogP) is 3.98. The Morgan fingerprint density at radius 3 is 2.84 bits per heavy atom. The molecule has 0 radical (unpaired) electrons. The molecule has 2 aromatic carbocycles. The van der Waals surface area contributed by atoms with E-state index >= 15 is 0 Å². The third kappa shape index (κ3) is 4.31. The normalized spacial score (nSPS) is 11.0. The van der Waals surface area contributed by atoms with Gasteiger partial charge in [0, 0.05) is 18.0 Å². The molecule has 0 saturated heterocycles.